The van der Waals surface area contributed by atoms with E-state index in [4.69, 9.17) is 5.11 Å². The molecule has 0 spiro atoms. The maximum atomic E-state index is 10.9. The first-order chi connectivity index (χ1) is 8.57. The summed E-state index contributed by atoms with van der Waals surface area (Å²) in [7, 11) is 0. The van der Waals surface area contributed by atoms with Crippen LogP contribution >= 0.6 is 15.9 Å². The standard InChI is InChI=1S/C13H13BrN2O2/c14-11-3-1-10(2-4-11)13(9-15)5-7-16(8-6-13)12(17)18/h1-4H,5-8H2,(H,17,18). The maximum Gasteiger partial charge on any atom is 0.407 e. The molecule has 1 aliphatic rings. The first-order valence-corrected chi connectivity index (χ1v) is 6.52. The molecule has 1 aromatic carbocycles. The number of hydrogen-bond acceptors (Lipinski definition) is 2. The summed E-state index contributed by atoms with van der Waals surface area (Å²) in [5, 5.41) is 18.4. The Hall–Kier alpha value is -1.54. The number of carboxylic acid groups (broad SMARTS) is 1. The van der Waals surface area contributed by atoms with Gasteiger partial charge in [-0.3, -0.25) is 0 Å². The highest BCUT2D eigenvalue weighted by Crippen LogP contribution is 2.35. The third kappa shape index (κ3) is 2.34. The Morgan fingerprint density at radius 1 is 1.33 bits per heavy atom. The van der Waals surface area contributed by atoms with Crippen molar-refractivity contribution in [3.63, 3.8) is 0 Å². The van der Waals surface area contributed by atoms with E-state index in [1.165, 1.54) is 4.90 Å². The van der Waals surface area contributed by atoms with Crippen LogP contribution in [0.3, 0.4) is 0 Å². The average Bonchev–Trinajstić information content (AvgIpc) is 2.39. The third-order valence-electron chi connectivity index (χ3n) is 3.50. The van der Waals surface area contributed by atoms with Crippen molar-refractivity contribution in [2.24, 2.45) is 0 Å². The van der Waals surface area contributed by atoms with Gasteiger partial charge in [-0.05, 0) is 30.5 Å². The van der Waals surface area contributed by atoms with Gasteiger partial charge in [-0.25, -0.2) is 4.79 Å². The van der Waals surface area contributed by atoms with Gasteiger partial charge in [0.2, 0.25) is 0 Å². The molecule has 0 aliphatic carbocycles. The number of rotatable bonds is 1. The molecule has 0 bridgehead atoms. The summed E-state index contributed by atoms with van der Waals surface area (Å²) in [6.07, 6.45) is 0.201. The van der Waals surface area contributed by atoms with Gasteiger partial charge in [0.1, 0.15) is 0 Å². The number of hydrogen-bond donors (Lipinski definition) is 1. The highest BCUT2D eigenvalue weighted by atomic mass is 79.9. The molecule has 0 radical (unpaired) electrons. The predicted molar refractivity (Wildman–Crippen MR) is 70.3 cm³/mol. The van der Waals surface area contributed by atoms with E-state index >= 15 is 0 Å². The van der Waals surface area contributed by atoms with E-state index in [9.17, 15) is 10.1 Å². The van der Waals surface area contributed by atoms with E-state index in [-0.39, 0.29) is 0 Å². The van der Waals surface area contributed by atoms with Crippen molar-refractivity contribution in [1.82, 2.24) is 4.90 Å². The molecule has 0 aromatic heterocycles. The Morgan fingerprint density at radius 2 is 1.89 bits per heavy atom. The molecular formula is C13H13BrN2O2. The number of piperidine rings is 1. The van der Waals surface area contributed by atoms with Crippen LogP contribution < -0.4 is 0 Å². The molecule has 1 amide bonds. The molecule has 1 heterocycles. The molecule has 94 valence electrons. The second kappa shape index (κ2) is 4.99. The lowest BCUT2D eigenvalue weighted by Crippen LogP contribution is -2.44. The van der Waals surface area contributed by atoms with Crippen LogP contribution in [-0.4, -0.2) is 29.2 Å². The Kier molecular flexibility index (Phi) is 3.58. The zero-order chi connectivity index (χ0) is 13.2. The van der Waals surface area contributed by atoms with Crippen molar-refractivity contribution in [2.45, 2.75) is 18.3 Å². The molecule has 0 saturated carbocycles. The third-order valence-corrected chi connectivity index (χ3v) is 4.03. The lowest BCUT2D eigenvalue weighted by atomic mass is 9.74. The Morgan fingerprint density at radius 3 is 2.33 bits per heavy atom. The van der Waals surface area contributed by atoms with E-state index in [1.807, 2.05) is 24.3 Å². The zero-order valence-corrected chi connectivity index (χ0v) is 11.4. The first-order valence-electron chi connectivity index (χ1n) is 5.72. The molecule has 1 aromatic rings. The van der Waals surface area contributed by atoms with Crippen LogP contribution in [-0.2, 0) is 5.41 Å². The van der Waals surface area contributed by atoms with Crippen molar-refractivity contribution in [3.8, 4) is 6.07 Å². The first kappa shape index (κ1) is 12.9. The number of amides is 1. The lowest BCUT2D eigenvalue weighted by molar-refractivity contribution is 0.125. The van der Waals surface area contributed by atoms with Crippen molar-refractivity contribution in [2.75, 3.05) is 13.1 Å². The van der Waals surface area contributed by atoms with Crippen LogP contribution in [0.1, 0.15) is 18.4 Å². The summed E-state index contributed by atoms with van der Waals surface area (Å²) in [5.41, 5.74) is 0.422. The fourth-order valence-electron chi connectivity index (χ4n) is 2.31. The van der Waals surface area contributed by atoms with Crippen molar-refractivity contribution >= 4 is 22.0 Å². The minimum atomic E-state index is -0.905. The second-order valence-electron chi connectivity index (χ2n) is 4.47. The largest absolute Gasteiger partial charge is 0.465 e. The van der Waals surface area contributed by atoms with Crippen LogP contribution in [0.2, 0.25) is 0 Å². The number of benzene rings is 1. The van der Waals surface area contributed by atoms with Gasteiger partial charge in [-0.1, -0.05) is 28.1 Å². The van der Waals surface area contributed by atoms with Gasteiger partial charge in [-0.15, -0.1) is 0 Å². The van der Waals surface area contributed by atoms with Crippen LogP contribution in [0, 0.1) is 11.3 Å². The van der Waals surface area contributed by atoms with Crippen molar-refractivity contribution in [1.29, 1.82) is 5.26 Å². The molecule has 18 heavy (non-hydrogen) atoms. The fraction of sp³-hybridized carbons (Fsp3) is 0.385. The molecule has 5 heteroatoms. The molecule has 1 N–H and O–H groups in total. The molecule has 1 saturated heterocycles. The summed E-state index contributed by atoms with van der Waals surface area (Å²) < 4.78 is 0.974. The number of likely N-dealkylation sites (tertiary alicyclic amines) is 1. The van der Waals surface area contributed by atoms with E-state index in [0.29, 0.717) is 25.9 Å². The predicted octanol–water partition coefficient (Wildman–Crippen LogP) is 2.98. The second-order valence-corrected chi connectivity index (χ2v) is 5.39. The summed E-state index contributed by atoms with van der Waals surface area (Å²) in [6.45, 7) is 0.831. The summed E-state index contributed by atoms with van der Waals surface area (Å²) in [5.74, 6) is 0. The van der Waals surface area contributed by atoms with Gasteiger partial charge in [-0.2, -0.15) is 5.26 Å². The zero-order valence-electron chi connectivity index (χ0n) is 9.77. The average molecular weight is 309 g/mol. The van der Waals surface area contributed by atoms with Gasteiger partial charge >= 0.3 is 6.09 Å². The van der Waals surface area contributed by atoms with Gasteiger partial charge in [0.05, 0.1) is 11.5 Å². The van der Waals surface area contributed by atoms with Gasteiger partial charge in [0.25, 0.3) is 0 Å². The molecular weight excluding hydrogens is 296 g/mol. The van der Waals surface area contributed by atoms with Gasteiger partial charge < -0.3 is 10.0 Å². The SMILES string of the molecule is N#CC1(c2ccc(Br)cc2)CCN(C(=O)O)CC1. The number of nitriles is 1. The molecule has 4 nitrogen and oxygen atoms in total. The summed E-state index contributed by atoms with van der Waals surface area (Å²) in [4.78, 5) is 12.2. The maximum absolute atomic E-state index is 10.9. The normalized spacial score (nSPS) is 18.1. The van der Waals surface area contributed by atoms with E-state index in [0.717, 1.165) is 10.0 Å². The Labute approximate surface area is 114 Å². The minimum absolute atomic E-state index is 0.416. The molecule has 1 fully saturated rings. The van der Waals surface area contributed by atoms with Crippen molar-refractivity contribution < 1.29 is 9.90 Å². The van der Waals surface area contributed by atoms with E-state index in [2.05, 4.69) is 22.0 Å². The van der Waals surface area contributed by atoms with Gasteiger partial charge in [0, 0.05) is 17.6 Å². The highest BCUT2D eigenvalue weighted by molar-refractivity contribution is 9.10. The smallest absolute Gasteiger partial charge is 0.407 e. The van der Waals surface area contributed by atoms with Crippen LogP contribution in [0.15, 0.2) is 28.7 Å². The number of nitrogens with zero attached hydrogens (tertiary/aromatic N) is 2. The van der Waals surface area contributed by atoms with Crippen LogP contribution in [0.25, 0.3) is 0 Å². The van der Waals surface area contributed by atoms with Crippen LogP contribution in [0.4, 0.5) is 4.79 Å². The molecule has 1 aliphatic heterocycles. The summed E-state index contributed by atoms with van der Waals surface area (Å²) in [6, 6.07) is 10.1. The number of carbonyl (C=O) groups is 1. The molecule has 0 atom stereocenters. The molecule has 2 rings (SSSR count). The summed E-state index contributed by atoms with van der Waals surface area (Å²) >= 11 is 3.37. The van der Waals surface area contributed by atoms with E-state index in [1.54, 1.807) is 0 Å². The topological polar surface area (TPSA) is 64.3 Å². The molecule has 0 unspecified atom stereocenters. The Balaban J connectivity index is 2.22. The van der Waals surface area contributed by atoms with E-state index < -0.39 is 11.5 Å². The highest BCUT2D eigenvalue weighted by Gasteiger charge is 2.37. The van der Waals surface area contributed by atoms with Crippen LogP contribution in [0.5, 0.6) is 0 Å². The fourth-order valence-corrected chi connectivity index (χ4v) is 2.58. The number of halogens is 1. The lowest BCUT2D eigenvalue weighted by Gasteiger charge is -2.36. The Bertz CT molecular complexity index is 485. The quantitative estimate of drug-likeness (QED) is 0.867. The minimum Gasteiger partial charge on any atom is -0.465 e. The monoisotopic (exact) mass is 308 g/mol. The van der Waals surface area contributed by atoms with Gasteiger partial charge in [0.15, 0.2) is 0 Å². The van der Waals surface area contributed by atoms with Crippen molar-refractivity contribution in [3.05, 3.63) is 34.3 Å².